The van der Waals surface area contributed by atoms with Crippen LogP contribution < -0.4 is 16.4 Å². The molecule has 0 unspecified atom stereocenters. The summed E-state index contributed by atoms with van der Waals surface area (Å²) in [5, 5.41) is 7.40. The largest absolute Gasteiger partial charge is 0.397 e. The van der Waals surface area contributed by atoms with Crippen LogP contribution in [0.4, 0.5) is 15.8 Å². The quantitative estimate of drug-likeness (QED) is 0.435. The predicted octanol–water partition coefficient (Wildman–Crippen LogP) is 4.05. The maximum atomic E-state index is 13.1. The van der Waals surface area contributed by atoms with Crippen molar-refractivity contribution >= 4 is 40.6 Å². The summed E-state index contributed by atoms with van der Waals surface area (Å²) in [6.45, 7) is 0.470. The van der Waals surface area contributed by atoms with Gasteiger partial charge < -0.3 is 16.4 Å². The first-order valence-electron chi connectivity index (χ1n) is 8.46. The first kappa shape index (κ1) is 19.3. The normalized spacial score (nSPS) is 10.8. The predicted molar refractivity (Wildman–Crippen MR) is 110 cm³/mol. The molecule has 1 heterocycles. The minimum absolute atomic E-state index is 0.145. The lowest BCUT2D eigenvalue weighted by molar-refractivity contribution is -0.111. The molecule has 0 saturated heterocycles. The Kier molecular flexibility index (Phi) is 6.18. The van der Waals surface area contributed by atoms with E-state index in [4.69, 9.17) is 5.73 Å². The fourth-order valence-corrected chi connectivity index (χ4v) is 3.10. The van der Waals surface area contributed by atoms with E-state index >= 15 is 0 Å². The van der Waals surface area contributed by atoms with Crippen LogP contribution >= 0.6 is 11.3 Å². The second-order valence-electron chi connectivity index (χ2n) is 5.94. The zero-order chi connectivity index (χ0) is 19.9. The molecule has 0 radical (unpaired) electrons. The molecule has 2 amide bonds. The van der Waals surface area contributed by atoms with E-state index in [2.05, 4.69) is 10.6 Å². The summed E-state index contributed by atoms with van der Waals surface area (Å²) >= 11 is 1.58. The number of nitrogen functional groups attached to an aromatic ring is 1. The molecule has 3 aromatic rings. The maximum absolute atomic E-state index is 13.1. The minimum atomic E-state index is -0.472. The van der Waals surface area contributed by atoms with Gasteiger partial charge in [0.1, 0.15) is 5.82 Å². The van der Waals surface area contributed by atoms with Crippen molar-refractivity contribution in [3.8, 4) is 0 Å². The summed E-state index contributed by atoms with van der Waals surface area (Å²) < 4.78 is 13.1. The summed E-state index contributed by atoms with van der Waals surface area (Å²) in [5.74, 6) is -1.07. The lowest BCUT2D eigenvalue weighted by Crippen LogP contribution is -2.22. The first-order valence-corrected chi connectivity index (χ1v) is 9.34. The highest BCUT2D eigenvalue weighted by molar-refractivity contribution is 7.09. The summed E-state index contributed by atoms with van der Waals surface area (Å²) in [5.41, 5.74) is 7.35. The molecule has 0 aliphatic rings. The van der Waals surface area contributed by atoms with Gasteiger partial charge in [-0.2, -0.15) is 0 Å². The van der Waals surface area contributed by atoms with Crippen LogP contribution in [0.3, 0.4) is 0 Å². The number of nitrogens with one attached hydrogen (secondary N) is 2. The van der Waals surface area contributed by atoms with Gasteiger partial charge in [-0.3, -0.25) is 9.59 Å². The Hall–Kier alpha value is -3.45. The molecule has 3 rings (SSSR count). The monoisotopic (exact) mass is 395 g/mol. The molecule has 142 valence electrons. The number of carbonyl (C=O) groups excluding carboxylic acids is 2. The Bertz CT molecular complexity index is 1020. The van der Waals surface area contributed by atoms with Gasteiger partial charge in [-0.05, 0) is 53.4 Å². The van der Waals surface area contributed by atoms with E-state index in [1.54, 1.807) is 41.7 Å². The number of amides is 2. The first-order chi connectivity index (χ1) is 13.5. The van der Waals surface area contributed by atoms with Crippen LogP contribution in [0.1, 0.15) is 20.8 Å². The highest BCUT2D eigenvalue weighted by Gasteiger charge is 2.07. The van der Waals surface area contributed by atoms with E-state index in [9.17, 15) is 14.0 Å². The smallest absolute Gasteiger partial charge is 0.251 e. The molecule has 0 aliphatic heterocycles. The number of halogens is 1. The molecular weight excluding hydrogens is 377 g/mol. The van der Waals surface area contributed by atoms with E-state index in [1.807, 2.05) is 17.5 Å². The van der Waals surface area contributed by atoms with Crippen molar-refractivity contribution in [1.82, 2.24) is 5.32 Å². The molecule has 2 aromatic carbocycles. The third-order valence-electron chi connectivity index (χ3n) is 3.85. The van der Waals surface area contributed by atoms with Gasteiger partial charge in [-0.15, -0.1) is 11.3 Å². The topological polar surface area (TPSA) is 84.2 Å². The average Bonchev–Trinajstić information content (AvgIpc) is 3.20. The second kappa shape index (κ2) is 8.96. The van der Waals surface area contributed by atoms with Crippen LogP contribution in [0.5, 0.6) is 0 Å². The number of nitrogens with two attached hydrogens (primary N) is 1. The zero-order valence-corrected chi connectivity index (χ0v) is 15.6. The number of rotatable bonds is 6. The Balaban J connectivity index is 1.61. The van der Waals surface area contributed by atoms with Crippen LogP contribution in [0.15, 0.2) is 66.1 Å². The van der Waals surface area contributed by atoms with Gasteiger partial charge in [0, 0.05) is 16.5 Å². The van der Waals surface area contributed by atoms with Crippen molar-refractivity contribution in [2.45, 2.75) is 6.54 Å². The van der Waals surface area contributed by atoms with Crippen molar-refractivity contribution < 1.29 is 14.0 Å². The average molecular weight is 395 g/mol. The molecular formula is C21H18FN3O2S. The van der Waals surface area contributed by atoms with Gasteiger partial charge in [-0.1, -0.05) is 18.2 Å². The standard InChI is InChI=1S/C21H18FN3O2S/c22-16-7-8-19(18(23)12-16)25-20(26)9-6-14-3-1-4-15(11-14)21(27)24-13-17-5-2-10-28-17/h1-12H,13,23H2,(H,24,27)(H,25,26)/b9-6+. The minimum Gasteiger partial charge on any atom is -0.397 e. The van der Waals surface area contributed by atoms with Gasteiger partial charge in [0.05, 0.1) is 17.9 Å². The van der Waals surface area contributed by atoms with Crippen LogP contribution in [0.2, 0.25) is 0 Å². The molecule has 7 heteroatoms. The lowest BCUT2D eigenvalue weighted by Gasteiger charge is -2.06. The van der Waals surface area contributed by atoms with Crippen molar-refractivity contribution in [3.63, 3.8) is 0 Å². The van der Waals surface area contributed by atoms with Gasteiger partial charge in [-0.25, -0.2) is 4.39 Å². The number of anilines is 2. The van der Waals surface area contributed by atoms with Crippen LogP contribution in [0.25, 0.3) is 6.08 Å². The Morgan fingerprint density at radius 3 is 2.71 bits per heavy atom. The Labute approximate surface area is 165 Å². The molecule has 0 spiro atoms. The van der Waals surface area contributed by atoms with Gasteiger partial charge >= 0.3 is 0 Å². The number of carbonyl (C=O) groups is 2. The lowest BCUT2D eigenvalue weighted by atomic mass is 10.1. The van der Waals surface area contributed by atoms with Crippen molar-refractivity contribution in [2.75, 3.05) is 11.1 Å². The molecule has 28 heavy (non-hydrogen) atoms. The molecule has 0 fully saturated rings. The highest BCUT2D eigenvalue weighted by Crippen LogP contribution is 2.19. The molecule has 0 bridgehead atoms. The molecule has 0 atom stereocenters. The van der Waals surface area contributed by atoms with E-state index in [0.29, 0.717) is 23.4 Å². The number of benzene rings is 2. The van der Waals surface area contributed by atoms with E-state index in [0.717, 1.165) is 10.9 Å². The zero-order valence-electron chi connectivity index (χ0n) is 14.8. The molecule has 4 N–H and O–H groups in total. The Morgan fingerprint density at radius 2 is 1.96 bits per heavy atom. The summed E-state index contributed by atoms with van der Waals surface area (Å²) in [7, 11) is 0. The number of thiophene rings is 1. The number of hydrogen-bond acceptors (Lipinski definition) is 4. The third-order valence-corrected chi connectivity index (χ3v) is 4.73. The Morgan fingerprint density at radius 1 is 1.11 bits per heavy atom. The fourth-order valence-electron chi connectivity index (χ4n) is 2.46. The van der Waals surface area contributed by atoms with E-state index < -0.39 is 11.7 Å². The highest BCUT2D eigenvalue weighted by atomic mass is 32.1. The molecule has 1 aromatic heterocycles. The van der Waals surface area contributed by atoms with Crippen LogP contribution in [0, 0.1) is 5.82 Å². The summed E-state index contributed by atoms with van der Waals surface area (Å²) in [6.07, 6.45) is 2.91. The SMILES string of the molecule is Nc1cc(F)ccc1NC(=O)/C=C/c1cccc(C(=O)NCc2cccs2)c1. The van der Waals surface area contributed by atoms with Crippen molar-refractivity contribution in [3.05, 3.63) is 87.9 Å². The van der Waals surface area contributed by atoms with E-state index in [-0.39, 0.29) is 11.6 Å². The summed E-state index contributed by atoms with van der Waals surface area (Å²) in [6, 6.07) is 14.6. The van der Waals surface area contributed by atoms with Crippen molar-refractivity contribution in [2.24, 2.45) is 0 Å². The van der Waals surface area contributed by atoms with Crippen LogP contribution in [-0.2, 0) is 11.3 Å². The fraction of sp³-hybridized carbons (Fsp3) is 0.0476. The second-order valence-corrected chi connectivity index (χ2v) is 6.97. The third kappa shape index (κ3) is 5.28. The van der Waals surface area contributed by atoms with Crippen LogP contribution in [-0.4, -0.2) is 11.8 Å². The molecule has 0 saturated carbocycles. The van der Waals surface area contributed by atoms with Gasteiger partial charge in [0.15, 0.2) is 0 Å². The number of hydrogen-bond donors (Lipinski definition) is 3. The van der Waals surface area contributed by atoms with Crippen molar-refractivity contribution in [1.29, 1.82) is 0 Å². The van der Waals surface area contributed by atoms with Gasteiger partial charge in [0.25, 0.3) is 5.91 Å². The molecule has 0 aliphatic carbocycles. The maximum Gasteiger partial charge on any atom is 0.251 e. The molecule has 5 nitrogen and oxygen atoms in total. The van der Waals surface area contributed by atoms with E-state index in [1.165, 1.54) is 18.2 Å². The van der Waals surface area contributed by atoms with Gasteiger partial charge in [0.2, 0.25) is 5.91 Å². The summed E-state index contributed by atoms with van der Waals surface area (Å²) in [4.78, 5) is 25.4.